The van der Waals surface area contributed by atoms with Crippen molar-refractivity contribution in [3.05, 3.63) is 71.4 Å². The fourth-order valence-electron chi connectivity index (χ4n) is 2.31. The van der Waals surface area contributed by atoms with E-state index in [4.69, 9.17) is 9.47 Å². The summed E-state index contributed by atoms with van der Waals surface area (Å²) in [7, 11) is 1.55. The minimum absolute atomic E-state index is 0.244. The van der Waals surface area contributed by atoms with E-state index in [1.54, 1.807) is 43.5 Å². The van der Waals surface area contributed by atoms with Crippen molar-refractivity contribution < 1.29 is 18.7 Å². The molecule has 2 aromatic carbocycles. The Morgan fingerprint density at radius 1 is 1.22 bits per heavy atom. The molecule has 0 atom stereocenters. The summed E-state index contributed by atoms with van der Waals surface area (Å²) in [6, 6.07) is 11.1. The number of amidine groups is 1. The molecule has 1 heterocycles. The number of halogens is 1. The second-order valence-electron chi connectivity index (χ2n) is 5.47. The van der Waals surface area contributed by atoms with E-state index >= 15 is 0 Å². The van der Waals surface area contributed by atoms with Crippen molar-refractivity contribution in [2.75, 3.05) is 13.7 Å². The summed E-state index contributed by atoms with van der Waals surface area (Å²) in [6.07, 6.45) is 3.39. The molecular formula is C20H17FN2O3S. The smallest absolute Gasteiger partial charge is 0.264 e. The fraction of sp³-hybridized carbons (Fsp3) is 0.100. The van der Waals surface area contributed by atoms with Gasteiger partial charge in [0, 0.05) is 0 Å². The van der Waals surface area contributed by atoms with Crippen LogP contribution in [0.5, 0.6) is 11.5 Å². The zero-order valence-electron chi connectivity index (χ0n) is 14.6. The van der Waals surface area contributed by atoms with Gasteiger partial charge in [-0.3, -0.25) is 4.79 Å². The number of methoxy groups -OCH3 is 1. The van der Waals surface area contributed by atoms with Gasteiger partial charge in [-0.15, -0.1) is 0 Å². The van der Waals surface area contributed by atoms with Gasteiger partial charge in [0.2, 0.25) is 0 Å². The lowest BCUT2D eigenvalue weighted by Gasteiger charge is -2.09. The summed E-state index contributed by atoms with van der Waals surface area (Å²) in [5, 5.41) is 3.14. The van der Waals surface area contributed by atoms with E-state index in [-0.39, 0.29) is 11.7 Å². The number of aliphatic imine (C=N–C) groups is 1. The monoisotopic (exact) mass is 384 g/mol. The molecule has 2 aromatic rings. The van der Waals surface area contributed by atoms with Crippen LogP contribution in [0.15, 0.2) is 65.0 Å². The number of hydrogen-bond donors (Lipinski definition) is 1. The van der Waals surface area contributed by atoms with Gasteiger partial charge in [0.15, 0.2) is 16.7 Å². The molecule has 1 amide bonds. The first-order valence-electron chi connectivity index (χ1n) is 8.06. The molecule has 1 saturated heterocycles. The van der Waals surface area contributed by atoms with Crippen molar-refractivity contribution in [2.45, 2.75) is 0 Å². The Kier molecular flexibility index (Phi) is 5.93. The second-order valence-corrected chi connectivity index (χ2v) is 6.50. The van der Waals surface area contributed by atoms with Crippen molar-refractivity contribution in [1.29, 1.82) is 0 Å². The highest BCUT2D eigenvalue weighted by Crippen LogP contribution is 2.32. The number of carbonyl (C=O) groups is 1. The van der Waals surface area contributed by atoms with Crippen LogP contribution >= 0.6 is 11.8 Å². The molecule has 1 aliphatic heterocycles. The number of hydrogen-bond acceptors (Lipinski definition) is 5. The van der Waals surface area contributed by atoms with Crippen LogP contribution < -0.4 is 14.8 Å². The lowest BCUT2D eigenvalue weighted by Crippen LogP contribution is -2.19. The SMILES string of the molecule is C=CCOc1ccc(C=C2SC(=Nc3ccc(F)cc3)NC2=O)cc1OC. The van der Waals surface area contributed by atoms with Crippen LogP contribution in [0.25, 0.3) is 6.08 Å². The molecule has 0 unspecified atom stereocenters. The number of benzene rings is 2. The number of rotatable bonds is 6. The van der Waals surface area contributed by atoms with Crippen LogP contribution in [-0.2, 0) is 4.79 Å². The number of nitrogens with one attached hydrogen (secondary N) is 1. The summed E-state index contributed by atoms with van der Waals surface area (Å²) in [6.45, 7) is 3.99. The average Bonchev–Trinajstić information content (AvgIpc) is 3.01. The molecule has 27 heavy (non-hydrogen) atoms. The fourth-order valence-corrected chi connectivity index (χ4v) is 3.15. The topological polar surface area (TPSA) is 59.9 Å². The Balaban J connectivity index is 1.79. The first kappa shape index (κ1) is 18.7. The van der Waals surface area contributed by atoms with Crippen molar-refractivity contribution in [3.63, 3.8) is 0 Å². The third-order valence-electron chi connectivity index (χ3n) is 3.55. The van der Waals surface area contributed by atoms with E-state index in [1.165, 1.54) is 23.9 Å². The first-order chi connectivity index (χ1) is 13.1. The average molecular weight is 384 g/mol. The molecule has 0 radical (unpaired) electrons. The lowest BCUT2D eigenvalue weighted by atomic mass is 10.2. The third-order valence-corrected chi connectivity index (χ3v) is 4.46. The van der Waals surface area contributed by atoms with Crippen LogP contribution in [0.2, 0.25) is 0 Å². The molecule has 7 heteroatoms. The summed E-state index contributed by atoms with van der Waals surface area (Å²) >= 11 is 1.22. The van der Waals surface area contributed by atoms with Gasteiger partial charge in [0.1, 0.15) is 12.4 Å². The quantitative estimate of drug-likeness (QED) is 0.596. The summed E-state index contributed by atoms with van der Waals surface area (Å²) < 4.78 is 23.8. The largest absolute Gasteiger partial charge is 0.493 e. The molecule has 0 aromatic heterocycles. The van der Waals surface area contributed by atoms with E-state index < -0.39 is 0 Å². The molecular weight excluding hydrogens is 367 g/mol. The van der Waals surface area contributed by atoms with Crippen molar-refractivity contribution in [3.8, 4) is 11.5 Å². The van der Waals surface area contributed by atoms with Crippen LogP contribution in [0.1, 0.15) is 5.56 Å². The summed E-state index contributed by atoms with van der Waals surface area (Å²) in [5.74, 6) is 0.584. The maximum atomic E-state index is 13.0. The zero-order chi connectivity index (χ0) is 19.2. The molecule has 0 bridgehead atoms. The van der Waals surface area contributed by atoms with Crippen molar-refractivity contribution in [1.82, 2.24) is 5.32 Å². The highest BCUT2D eigenvalue weighted by atomic mass is 32.2. The van der Waals surface area contributed by atoms with Crippen LogP contribution in [0.4, 0.5) is 10.1 Å². The van der Waals surface area contributed by atoms with Gasteiger partial charge in [-0.1, -0.05) is 18.7 Å². The Labute approximate surface area is 160 Å². The number of amides is 1. The van der Waals surface area contributed by atoms with E-state index in [0.717, 1.165) is 5.56 Å². The van der Waals surface area contributed by atoms with Crippen molar-refractivity contribution in [2.24, 2.45) is 4.99 Å². The van der Waals surface area contributed by atoms with Gasteiger partial charge >= 0.3 is 0 Å². The predicted octanol–water partition coefficient (Wildman–Crippen LogP) is 4.29. The van der Waals surface area contributed by atoms with E-state index in [2.05, 4.69) is 16.9 Å². The summed E-state index contributed by atoms with van der Waals surface area (Å²) in [5.41, 5.74) is 1.35. The highest BCUT2D eigenvalue weighted by molar-refractivity contribution is 8.18. The molecule has 1 aliphatic rings. The van der Waals surface area contributed by atoms with Gasteiger partial charge < -0.3 is 14.8 Å². The van der Waals surface area contributed by atoms with Gasteiger partial charge in [-0.25, -0.2) is 9.38 Å². The van der Waals surface area contributed by atoms with Gasteiger partial charge in [0.05, 0.1) is 17.7 Å². The van der Waals surface area contributed by atoms with Gasteiger partial charge in [0.25, 0.3) is 5.91 Å². The van der Waals surface area contributed by atoms with E-state index in [9.17, 15) is 9.18 Å². The number of carbonyl (C=O) groups excluding carboxylic acids is 1. The predicted molar refractivity (Wildman–Crippen MR) is 106 cm³/mol. The molecule has 138 valence electrons. The Hall–Kier alpha value is -3.06. The number of thioether (sulfide) groups is 1. The molecule has 1 fully saturated rings. The maximum Gasteiger partial charge on any atom is 0.264 e. The standard InChI is InChI=1S/C20H17FN2O3S/c1-3-10-26-16-9-4-13(11-17(16)25-2)12-18-19(24)23-20(27-18)22-15-7-5-14(21)6-8-15/h3-9,11-12H,1,10H2,2H3,(H,22,23,24). The minimum atomic E-state index is -0.336. The Morgan fingerprint density at radius 2 is 2.00 bits per heavy atom. The summed E-state index contributed by atoms with van der Waals surface area (Å²) in [4.78, 5) is 17.0. The molecule has 1 N–H and O–H groups in total. The number of nitrogens with zero attached hydrogens (tertiary/aromatic N) is 1. The second kappa shape index (κ2) is 8.55. The zero-order valence-corrected chi connectivity index (χ0v) is 15.4. The molecule has 0 spiro atoms. The van der Waals surface area contributed by atoms with Crippen LogP contribution in [0, 0.1) is 5.82 Å². The highest BCUT2D eigenvalue weighted by Gasteiger charge is 2.24. The van der Waals surface area contributed by atoms with Crippen LogP contribution in [0.3, 0.4) is 0 Å². The first-order valence-corrected chi connectivity index (χ1v) is 8.87. The van der Waals surface area contributed by atoms with Crippen molar-refractivity contribution >= 4 is 34.6 Å². The van der Waals surface area contributed by atoms with Gasteiger partial charge in [-0.2, -0.15) is 0 Å². The molecule has 0 saturated carbocycles. The minimum Gasteiger partial charge on any atom is -0.493 e. The molecule has 5 nitrogen and oxygen atoms in total. The van der Waals surface area contributed by atoms with E-state index in [1.807, 2.05) is 6.07 Å². The lowest BCUT2D eigenvalue weighted by molar-refractivity contribution is -0.115. The number of ether oxygens (including phenoxy) is 2. The van der Waals surface area contributed by atoms with Crippen LogP contribution in [-0.4, -0.2) is 24.8 Å². The molecule has 3 rings (SSSR count). The van der Waals surface area contributed by atoms with Gasteiger partial charge in [-0.05, 0) is 59.8 Å². The third kappa shape index (κ3) is 4.77. The Morgan fingerprint density at radius 3 is 2.70 bits per heavy atom. The normalized spacial score (nSPS) is 16.4. The van der Waals surface area contributed by atoms with E-state index in [0.29, 0.717) is 33.9 Å². The molecule has 0 aliphatic carbocycles. The Bertz CT molecular complexity index is 923. The maximum absolute atomic E-state index is 13.0.